The number of nitrogens with one attached hydrogen (secondary N) is 1. The fourth-order valence-corrected chi connectivity index (χ4v) is 3.30. The number of rotatable bonds is 4. The predicted molar refractivity (Wildman–Crippen MR) is 81.6 cm³/mol. The Kier molecular flexibility index (Phi) is 3.82. The molecule has 1 N–H and O–H groups in total. The average Bonchev–Trinajstić information content (AvgIpc) is 2.74. The van der Waals surface area contributed by atoms with E-state index >= 15 is 0 Å². The van der Waals surface area contributed by atoms with Gasteiger partial charge in [-0.05, 0) is 39.0 Å². The summed E-state index contributed by atoms with van der Waals surface area (Å²) in [6, 6.07) is 5.86. The smallest absolute Gasteiger partial charge is 0.156 e. The van der Waals surface area contributed by atoms with Gasteiger partial charge < -0.3 is 5.32 Å². The highest BCUT2D eigenvalue weighted by Crippen LogP contribution is 2.22. The first-order chi connectivity index (χ1) is 8.79. The lowest BCUT2D eigenvalue weighted by molar-refractivity contribution is 0.560. The lowest BCUT2D eigenvalue weighted by Gasteiger charge is -2.19. The molecule has 1 heterocycles. The second-order valence-corrected chi connectivity index (χ2v) is 9.14. The molecule has 2 rings (SSSR count). The van der Waals surface area contributed by atoms with Crippen LogP contribution >= 0.6 is 11.3 Å². The van der Waals surface area contributed by atoms with Crippen LogP contribution in [-0.4, -0.2) is 30.4 Å². The molecule has 4 nitrogen and oxygen atoms in total. The van der Waals surface area contributed by atoms with Crippen LogP contribution in [0.2, 0.25) is 0 Å². The summed E-state index contributed by atoms with van der Waals surface area (Å²) >= 11 is 1.58. The van der Waals surface area contributed by atoms with Crippen molar-refractivity contribution < 1.29 is 8.42 Å². The highest BCUT2D eigenvalue weighted by Gasteiger charge is 2.28. The number of anilines is 1. The van der Waals surface area contributed by atoms with E-state index in [0.717, 1.165) is 15.9 Å². The summed E-state index contributed by atoms with van der Waals surface area (Å²) in [6.45, 7) is 5.60. The van der Waals surface area contributed by atoms with Crippen molar-refractivity contribution in [2.45, 2.75) is 25.5 Å². The molecule has 0 atom stereocenters. The molecule has 0 amide bonds. The normalized spacial score (nSPS) is 12.8. The van der Waals surface area contributed by atoms with Crippen LogP contribution in [0.15, 0.2) is 23.7 Å². The molecule has 19 heavy (non-hydrogen) atoms. The zero-order valence-electron chi connectivity index (χ0n) is 11.3. The van der Waals surface area contributed by atoms with E-state index in [2.05, 4.69) is 10.3 Å². The van der Waals surface area contributed by atoms with Crippen molar-refractivity contribution >= 4 is 37.1 Å². The minimum atomic E-state index is -3.07. The summed E-state index contributed by atoms with van der Waals surface area (Å²) in [4.78, 5) is 4.21. The lowest BCUT2D eigenvalue weighted by Crippen LogP contribution is -2.32. The van der Waals surface area contributed by atoms with Crippen LogP contribution in [0.1, 0.15) is 20.8 Å². The Morgan fingerprint density at radius 1 is 1.32 bits per heavy atom. The molecule has 0 radical (unpaired) electrons. The van der Waals surface area contributed by atoms with Crippen LogP contribution < -0.4 is 5.32 Å². The van der Waals surface area contributed by atoms with E-state index in [1.807, 2.05) is 18.2 Å². The standard InChI is InChI=1S/C13H18N2O2S2/c1-13(2,3)19(16,17)7-6-14-10-4-5-11-12(8-10)18-9-15-11/h4-5,8-9,14H,6-7H2,1-3H3. The van der Waals surface area contributed by atoms with Gasteiger partial charge in [0, 0.05) is 12.2 Å². The Balaban J connectivity index is 1.99. The van der Waals surface area contributed by atoms with Gasteiger partial charge in [0.05, 0.1) is 26.2 Å². The maximum absolute atomic E-state index is 12.0. The van der Waals surface area contributed by atoms with Crippen molar-refractivity contribution in [2.24, 2.45) is 0 Å². The molecule has 0 aliphatic heterocycles. The number of sulfone groups is 1. The van der Waals surface area contributed by atoms with Gasteiger partial charge in [-0.1, -0.05) is 0 Å². The minimum absolute atomic E-state index is 0.136. The molecule has 104 valence electrons. The van der Waals surface area contributed by atoms with E-state index in [1.54, 1.807) is 37.6 Å². The third-order valence-electron chi connectivity index (χ3n) is 2.96. The van der Waals surface area contributed by atoms with E-state index in [1.165, 1.54) is 0 Å². The Labute approximate surface area is 117 Å². The SMILES string of the molecule is CC(C)(C)S(=O)(=O)CCNc1ccc2ncsc2c1. The maximum Gasteiger partial charge on any atom is 0.156 e. The van der Waals surface area contributed by atoms with Crippen molar-refractivity contribution in [1.82, 2.24) is 4.98 Å². The zero-order valence-corrected chi connectivity index (χ0v) is 12.9. The van der Waals surface area contributed by atoms with E-state index in [4.69, 9.17) is 0 Å². The molecule has 0 unspecified atom stereocenters. The van der Waals surface area contributed by atoms with Crippen LogP contribution in [0.3, 0.4) is 0 Å². The Morgan fingerprint density at radius 2 is 2.05 bits per heavy atom. The molecule has 1 aromatic heterocycles. The van der Waals surface area contributed by atoms with Crippen molar-refractivity contribution in [3.05, 3.63) is 23.7 Å². The third kappa shape index (κ3) is 3.25. The van der Waals surface area contributed by atoms with Crippen molar-refractivity contribution in [2.75, 3.05) is 17.6 Å². The van der Waals surface area contributed by atoms with Gasteiger partial charge >= 0.3 is 0 Å². The van der Waals surface area contributed by atoms with Crippen LogP contribution in [0.25, 0.3) is 10.2 Å². The van der Waals surface area contributed by atoms with Gasteiger partial charge in [-0.2, -0.15) is 0 Å². The van der Waals surface area contributed by atoms with Crippen molar-refractivity contribution in [3.8, 4) is 0 Å². The Hall–Kier alpha value is -1.14. The summed E-state index contributed by atoms with van der Waals surface area (Å²) in [5, 5.41) is 3.15. The fourth-order valence-electron chi connectivity index (χ4n) is 1.60. The van der Waals surface area contributed by atoms with E-state index in [0.29, 0.717) is 6.54 Å². The largest absolute Gasteiger partial charge is 0.384 e. The zero-order chi connectivity index (χ0) is 14.1. The molecule has 0 fully saturated rings. The van der Waals surface area contributed by atoms with Crippen LogP contribution in [0, 0.1) is 0 Å². The quantitative estimate of drug-likeness (QED) is 0.943. The maximum atomic E-state index is 12.0. The van der Waals surface area contributed by atoms with Gasteiger partial charge in [0.2, 0.25) is 0 Å². The predicted octanol–water partition coefficient (Wildman–Crippen LogP) is 2.92. The second kappa shape index (κ2) is 5.09. The summed E-state index contributed by atoms with van der Waals surface area (Å²) in [5.74, 6) is 0.136. The minimum Gasteiger partial charge on any atom is -0.384 e. The molecular formula is C13H18N2O2S2. The number of hydrogen-bond acceptors (Lipinski definition) is 5. The van der Waals surface area contributed by atoms with Crippen LogP contribution in [0.5, 0.6) is 0 Å². The molecule has 0 saturated carbocycles. The third-order valence-corrected chi connectivity index (χ3v) is 6.36. The molecule has 0 aliphatic carbocycles. The molecule has 0 bridgehead atoms. The fraction of sp³-hybridized carbons (Fsp3) is 0.462. The first-order valence-corrected chi connectivity index (χ1v) is 8.62. The van der Waals surface area contributed by atoms with Gasteiger partial charge in [0.25, 0.3) is 0 Å². The van der Waals surface area contributed by atoms with Crippen molar-refractivity contribution in [1.29, 1.82) is 0 Å². The topological polar surface area (TPSA) is 59.1 Å². The number of nitrogens with zero attached hydrogens (tertiary/aromatic N) is 1. The highest BCUT2D eigenvalue weighted by molar-refractivity contribution is 7.92. The van der Waals surface area contributed by atoms with Crippen molar-refractivity contribution in [3.63, 3.8) is 0 Å². The molecule has 0 saturated heterocycles. The molecule has 6 heteroatoms. The number of thiazole rings is 1. The van der Waals surface area contributed by atoms with Gasteiger partial charge in [0.15, 0.2) is 9.84 Å². The van der Waals surface area contributed by atoms with E-state index in [9.17, 15) is 8.42 Å². The first kappa shape index (κ1) is 14.3. The monoisotopic (exact) mass is 298 g/mol. The molecule has 1 aromatic carbocycles. The summed E-state index contributed by atoms with van der Waals surface area (Å²) in [5.41, 5.74) is 3.71. The molecular weight excluding hydrogens is 280 g/mol. The number of benzene rings is 1. The molecule has 2 aromatic rings. The van der Waals surface area contributed by atoms with Gasteiger partial charge in [0.1, 0.15) is 0 Å². The number of hydrogen-bond donors (Lipinski definition) is 1. The first-order valence-electron chi connectivity index (χ1n) is 6.09. The molecule has 0 spiro atoms. The Bertz CT molecular complexity index is 669. The number of aromatic nitrogens is 1. The summed E-state index contributed by atoms with van der Waals surface area (Å²) in [7, 11) is -3.07. The molecule has 0 aliphatic rings. The van der Waals surface area contributed by atoms with Crippen LogP contribution in [0.4, 0.5) is 5.69 Å². The Morgan fingerprint density at radius 3 is 2.74 bits per heavy atom. The summed E-state index contributed by atoms with van der Waals surface area (Å²) in [6.07, 6.45) is 0. The highest BCUT2D eigenvalue weighted by atomic mass is 32.2. The number of fused-ring (bicyclic) bond motifs is 1. The summed E-state index contributed by atoms with van der Waals surface area (Å²) < 4.78 is 24.3. The van der Waals surface area contributed by atoms with E-state index < -0.39 is 14.6 Å². The van der Waals surface area contributed by atoms with Gasteiger partial charge in [-0.25, -0.2) is 13.4 Å². The lowest BCUT2D eigenvalue weighted by atomic mass is 10.3. The second-order valence-electron chi connectivity index (χ2n) is 5.39. The van der Waals surface area contributed by atoms with E-state index in [-0.39, 0.29) is 5.75 Å². The van der Waals surface area contributed by atoms with Crippen LogP contribution in [-0.2, 0) is 9.84 Å². The average molecular weight is 298 g/mol. The van der Waals surface area contributed by atoms with Gasteiger partial charge in [-0.3, -0.25) is 0 Å². The van der Waals surface area contributed by atoms with Gasteiger partial charge in [-0.15, -0.1) is 11.3 Å².